The summed E-state index contributed by atoms with van der Waals surface area (Å²) in [4.78, 5) is 31.8. The molecule has 2 amide bonds. The zero-order valence-electron chi connectivity index (χ0n) is 19.6. The number of likely N-dealkylation sites (tertiary alicyclic amines) is 1. The van der Waals surface area contributed by atoms with E-state index < -0.39 is 23.2 Å². The summed E-state index contributed by atoms with van der Waals surface area (Å²) in [5.74, 6) is 0.379. The molecule has 2 atom stereocenters. The van der Waals surface area contributed by atoms with Gasteiger partial charge in [-0.1, -0.05) is 32.4 Å². The lowest BCUT2D eigenvalue weighted by Crippen LogP contribution is -2.55. The Bertz CT molecular complexity index is 997. The largest absolute Gasteiger partial charge is 0.472 e. The highest BCUT2D eigenvalue weighted by Gasteiger charge is 2.39. The molecule has 0 unspecified atom stereocenters. The van der Waals surface area contributed by atoms with Crippen molar-refractivity contribution in [1.29, 1.82) is 0 Å². The third kappa shape index (κ3) is 6.03. The van der Waals surface area contributed by atoms with Gasteiger partial charge >= 0.3 is 6.09 Å². The second-order valence-corrected chi connectivity index (χ2v) is 10.7. The zero-order valence-corrected chi connectivity index (χ0v) is 20.3. The summed E-state index contributed by atoms with van der Waals surface area (Å²) >= 11 is 6.09. The van der Waals surface area contributed by atoms with Gasteiger partial charge in [0.15, 0.2) is 0 Å². The highest BCUT2D eigenvalue weighted by Crippen LogP contribution is 2.29. The number of benzene rings is 1. The Hall–Kier alpha value is -2.54. The first-order valence-corrected chi connectivity index (χ1v) is 11.2. The van der Waals surface area contributed by atoms with Crippen LogP contribution in [0, 0.1) is 5.41 Å². The van der Waals surface area contributed by atoms with E-state index >= 15 is 0 Å². The minimum Gasteiger partial charge on any atom is -0.472 e. The fourth-order valence-corrected chi connectivity index (χ4v) is 3.83. The molecule has 174 valence electrons. The molecule has 1 aliphatic rings. The van der Waals surface area contributed by atoms with Gasteiger partial charge in [-0.15, -0.1) is 0 Å². The predicted molar refractivity (Wildman–Crippen MR) is 125 cm³/mol. The van der Waals surface area contributed by atoms with Crippen LogP contribution >= 0.6 is 11.6 Å². The number of ether oxygens (including phenoxy) is 2. The second kappa shape index (κ2) is 9.14. The molecule has 2 heterocycles. The van der Waals surface area contributed by atoms with E-state index in [4.69, 9.17) is 21.1 Å². The molecule has 0 saturated carbocycles. The Morgan fingerprint density at radius 1 is 1.19 bits per heavy atom. The van der Waals surface area contributed by atoms with Gasteiger partial charge in [0.1, 0.15) is 17.7 Å². The number of carbonyl (C=O) groups excluding carboxylic acids is 2. The van der Waals surface area contributed by atoms with Crippen molar-refractivity contribution in [3.05, 3.63) is 35.5 Å². The second-order valence-electron chi connectivity index (χ2n) is 10.2. The Morgan fingerprint density at radius 3 is 2.56 bits per heavy atom. The molecular weight excluding hydrogens is 430 g/mol. The molecule has 1 aromatic carbocycles. The van der Waals surface area contributed by atoms with Crippen molar-refractivity contribution in [2.24, 2.45) is 5.41 Å². The van der Waals surface area contributed by atoms with E-state index in [0.717, 1.165) is 10.8 Å². The molecule has 32 heavy (non-hydrogen) atoms. The maximum Gasteiger partial charge on any atom is 0.408 e. The van der Waals surface area contributed by atoms with Crippen molar-refractivity contribution < 1.29 is 19.1 Å². The van der Waals surface area contributed by atoms with Crippen LogP contribution in [0.4, 0.5) is 4.79 Å². The summed E-state index contributed by atoms with van der Waals surface area (Å²) in [6.45, 7) is 12.1. The van der Waals surface area contributed by atoms with E-state index in [1.807, 2.05) is 39.0 Å². The van der Waals surface area contributed by atoms with Crippen molar-refractivity contribution in [3.8, 4) is 5.88 Å². The number of carbonyl (C=O) groups is 2. The smallest absolute Gasteiger partial charge is 0.408 e. The maximum atomic E-state index is 13.3. The third-order valence-electron chi connectivity index (χ3n) is 5.20. The van der Waals surface area contributed by atoms with Crippen LogP contribution in [0.25, 0.3) is 10.8 Å². The molecule has 0 spiro atoms. The van der Waals surface area contributed by atoms with Crippen LogP contribution in [-0.2, 0) is 9.53 Å². The van der Waals surface area contributed by atoms with Crippen molar-refractivity contribution in [1.82, 2.24) is 15.2 Å². The van der Waals surface area contributed by atoms with Gasteiger partial charge < -0.3 is 19.7 Å². The first-order chi connectivity index (χ1) is 14.8. The van der Waals surface area contributed by atoms with E-state index in [1.165, 1.54) is 0 Å². The topological polar surface area (TPSA) is 80.8 Å². The molecule has 3 rings (SSSR count). The van der Waals surface area contributed by atoms with Gasteiger partial charge in [0.2, 0.25) is 11.8 Å². The number of hydrogen-bond donors (Lipinski definition) is 1. The van der Waals surface area contributed by atoms with Gasteiger partial charge in [-0.05, 0) is 55.8 Å². The monoisotopic (exact) mass is 461 g/mol. The number of nitrogens with one attached hydrogen (secondary N) is 1. The quantitative estimate of drug-likeness (QED) is 0.706. The van der Waals surface area contributed by atoms with Crippen LogP contribution in [0.3, 0.4) is 0 Å². The summed E-state index contributed by atoms with van der Waals surface area (Å²) in [5, 5.41) is 5.24. The molecule has 7 nitrogen and oxygen atoms in total. The number of amides is 2. The van der Waals surface area contributed by atoms with E-state index in [-0.39, 0.29) is 12.0 Å². The summed E-state index contributed by atoms with van der Waals surface area (Å²) in [5.41, 5.74) is -1.12. The number of fused-ring (bicyclic) bond motifs is 1. The normalized spacial score (nSPS) is 17.8. The van der Waals surface area contributed by atoms with Crippen LogP contribution < -0.4 is 10.1 Å². The standard InChI is InChI=1S/C24H32ClN3O4/c1-23(2,3)19(27-22(30)32-24(4,5)6)21(29)28-12-10-17(14-28)31-20-18-8-7-16(25)13-15(18)9-11-26-20/h7-9,11,13,17,19H,10,12,14H2,1-6H3,(H,27,30)/t17-,19-/m1/s1. The first kappa shape index (κ1) is 24.1. The molecule has 1 N–H and O–H groups in total. The van der Waals surface area contributed by atoms with Crippen molar-refractivity contribution >= 4 is 34.4 Å². The molecular formula is C24H32ClN3O4. The van der Waals surface area contributed by atoms with Crippen LogP contribution in [0.5, 0.6) is 5.88 Å². The number of pyridine rings is 1. The molecule has 2 aromatic rings. The van der Waals surface area contributed by atoms with Gasteiger partial charge in [-0.25, -0.2) is 9.78 Å². The van der Waals surface area contributed by atoms with Crippen molar-refractivity contribution in [3.63, 3.8) is 0 Å². The average molecular weight is 462 g/mol. The Kier molecular flexibility index (Phi) is 6.89. The van der Waals surface area contributed by atoms with Gasteiger partial charge in [0, 0.05) is 29.6 Å². The molecule has 1 aromatic heterocycles. The highest BCUT2D eigenvalue weighted by molar-refractivity contribution is 6.31. The molecule has 1 saturated heterocycles. The van der Waals surface area contributed by atoms with E-state index in [2.05, 4.69) is 10.3 Å². The Labute approximate surface area is 194 Å². The van der Waals surface area contributed by atoms with Crippen molar-refractivity contribution in [2.45, 2.75) is 65.7 Å². The SMILES string of the molecule is CC(C)(C)OC(=O)N[C@H](C(=O)N1CC[C@@H](Oc2nccc3cc(Cl)ccc23)C1)C(C)(C)C. The number of hydrogen-bond acceptors (Lipinski definition) is 5. The molecule has 8 heteroatoms. The number of nitrogens with zero attached hydrogens (tertiary/aromatic N) is 2. The maximum absolute atomic E-state index is 13.3. The number of halogens is 1. The summed E-state index contributed by atoms with van der Waals surface area (Å²) in [6.07, 6.45) is 1.58. The zero-order chi connectivity index (χ0) is 23.7. The molecule has 0 bridgehead atoms. The molecule has 0 aliphatic carbocycles. The molecule has 1 aliphatic heterocycles. The van der Waals surface area contributed by atoms with Crippen LogP contribution in [0.2, 0.25) is 5.02 Å². The van der Waals surface area contributed by atoms with Gasteiger partial charge in [-0.3, -0.25) is 4.79 Å². The minimum atomic E-state index is -0.714. The molecule has 0 radical (unpaired) electrons. The van der Waals surface area contributed by atoms with Gasteiger partial charge in [-0.2, -0.15) is 0 Å². The lowest BCUT2D eigenvalue weighted by molar-refractivity contribution is -0.135. The van der Waals surface area contributed by atoms with Crippen LogP contribution in [-0.4, -0.2) is 52.7 Å². The minimum absolute atomic E-state index is 0.146. The first-order valence-electron chi connectivity index (χ1n) is 10.8. The fraction of sp³-hybridized carbons (Fsp3) is 0.542. The van der Waals surface area contributed by atoms with E-state index in [0.29, 0.717) is 30.4 Å². The average Bonchev–Trinajstić information content (AvgIpc) is 3.12. The summed E-state index contributed by atoms with van der Waals surface area (Å²) in [7, 11) is 0. The number of alkyl carbamates (subject to hydrolysis) is 1. The van der Waals surface area contributed by atoms with Crippen LogP contribution in [0.1, 0.15) is 48.0 Å². The fourth-order valence-electron chi connectivity index (χ4n) is 3.65. The Morgan fingerprint density at radius 2 is 1.91 bits per heavy atom. The predicted octanol–water partition coefficient (Wildman–Crippen LogP) is 4.81. The molecule has 1 fully saturated rings. The summed E-state index contributed by atoms with van der Waals surface area (Å²) in [6, 6.07) is 6.73. The van der Waals surface area contributed by atoms with E-state index in [9.17, 15) is 9.59 Å². The lowest BCUT2D eigenvalue weighted by atomic mass is 9.86. The van der Waals surface area contributed by atoms with Gasteiger partial charge in [0.25, 0.3) is 0 Å². The van der Waals surface area contributed by atoms with Crippen LogP contribution in [0.15, 0.2) is 30.5 Å². The third-order valence-corrected chi connectivity index (χ3v) is 5.43. The van der Waals surface area contributed by atoms with E-state index in [1.54, 1.807) is 37.9 Å². The van der Waals surface area contributed by atoms with Gasteiger partial charge in [0.05, 0.1) is 6.54 Å². The van der Waals surface area contributed by atoms with Crippen molar-refractivity contribution in [2.75, 3.05) is 13.1 Å². The number of rotatable bonds is 4. The Balaban J connectivity index is 1.69. The summed E-state index contributed by atoms with van der Waals surface area (Å²) < 4.78 is 11.5. The number of aromatic nitrogens is 1. The highest BCUT2D eigenvalue weighted by atomic mass is 35.5. The lowest BCUT2D eigenvalue weighted by Gasteiger charge is -2.34.